The van der Waals surface area contributed by atoms with E-state index in [1.54, 1.807) is 18.2 Å². The molecule has 0 aromatic heterocycles. The summed E-state index contributed by atoms with van der Waals surface area (Å²) >= 11 is 0. The molecule has 0 radical (unpaired) electrons. The first kappa shape index (κ1) is 7.71. The van der Waals surface area contributed by atoms with Gasteiger partial charge in [0.25, 0.3) is 0 Å². The number of terminal acetylenes is 1. The third-order valence-corrected chi connectivity index (χ3v) is 0.733. The lowest BCUT2D eigenvalue weighted by Crippen LogP contribution is -1.63. The van der Waals surface area contributed by atoms with Gasteiger partial charge in [0.1, 0.15) is 5.82 Å². The standard InChI is InChI=1S/C6H5F.C2H2/c7-6-4-2-1-3-5-6;1-2/h1-5H;1-2H. The second-order valence-corrected chi connectivity index (χ2v) is 1.30. The Morgan fingerprint density at radius 3 is 1.67 bits per heavy atom. The quantitative estimate of drug-likeness (QED) is 0.462. The van der Waals surface area contributed by atoms with Gasteiger partial charge in [0.15, 0.2) is 0 Å². The van der Waals surface area contributed by atoms with Gasteiger partial charge >= 0.3 is 0 Å². The minimum absolute atomic E-state index is 0.178. The maximum absolute atomic E-state index is 11.9. The Hall–Kier alpha value is -1.29. The van der Waals surface area contributed by atoms with Gasteiger partial charge in [-0.2, -0.15) is 0 Å². The molecule has 0 aliphatic heterocycles. The molecule has 1 aromatic rings. The van der Waals surface area contributed by atoms with Crippen molar-refractivity contribution in [2.45, 2.75) is 0 Å². The summed E-state index contributed by atoms with van der Waals surface area (Å²) in [5.41, 5.74) is 0. The first-order valence-electron chi connectivity index (χ1n) is 2.43. The van der Waals surface area contributed by atoms with Gasteiger partial charge in [0.05, 0.1) is 0 Å². The van der Waals surface area contributed by atoms with Crippen LogP contribution in [0, 0.1) is 18.7 Å². The second-order valence-electron chi connectivity index (χ2n) is 1.30. The van der Waals surface area contributed by atoms with Gasteiger partial charge in [-0.1, -0.05) is 18.2 Å². The Balaban J connectivity index is 0.000000291. The normalized spacial score (nSPS) is 7.00. The van der Waals surface area contributed by atoms with Gasteiger partial charge in [-0.3, -0.25) is 0 Å². The predicted molar refractivity (Wildman–Crippen MR) is 36.3 cm³/mol. The summed E-state index contributed by atoms with van der Waals surface area (Å²) in [6, 6.07) is 7.94. The highest BCUT2D eigenvalue weighted by molar-refractivity contribution is 5.02. The van der Waals surface area contributed by atoms with E-state index in [9.17, 15) is 4.39 Å². The highest BCUT2D eigenvalue weighted by Crippen LogP contribution is 1.91. The first-order chi connectivity index (χ1) is 4.39. The molecule has 46 valence electrons. The van der Waals surface area contributed by atoms with E-state index in [4.69, 9.17) is 0 Å². The summed E-state index contributed by atoms with van der Waals surface area (Å²) in [6.07, 6.45) is 8.00. The van der Waals surface area contributed by atoms with Gasteiger partial charge in [-0.25, -0.2) is 4.39 Å². The van der Waals surface area contributed by atoms with Crippen LogP contribution in [0.4, 0.5) is 4.39 Å². The zero-order valence-electron chi connectivity index (χ0n) is 4.92. The third kappa shape index (κ3) is 3.31. The fraction of sp³-hybridized carbons (Fsp3) is 0. The minimum atomic E-state index is -0.178. The summed E-state index contributed by atoms with van der Waals surface area (Å²) < 4.78 is 11.9. The molecular formula is C8H7F. The van der Waals surface area contributed by atoms with E-state index in [1.807, 2.05) is 0 Å². The summed E-state index contributed by atoms with van der Waals surface area (Å²) in [6.45, 7) is 0. The van der Waals surface area contributed by atoms with E-state index in [1.165, 1.54) is 12.1 Å². The zero-order valence-corrected chi connectivity index (χ0v) is 4.92. The van der Waals surface area contributed by atoms with Gasteiger partial charge in [0, 0.05) is 0 Å². The van der Waals surface area contributed by atoms with Crippen LogP contribution in [0.25, 0.3) is 0 Å². The molecule has 1 heteroatoms. The number of hydrogen-bond donors (Lipinski definition) is 0. The minimum Gasteiger partial charge on any atom is -0.207 e. The van der Waals surface area contributed by atoms with Crippen LogP contribution >= 0.6 is 0 Å². The molecule has 1 aromatic carbocycles. The highest BCUT2D eigenvalue weighted by atomic mass is 19.1. The molecule has 9 heavy (non-hydrogen) atoms. The molecule has 0 saturated carbocycles. The topological polar surface area (TPSA) is 0 Å². The van der Waals surface area contributed by atoms with E-state index in [-0.39, 0.29) is 5.82 Å². The van der Waals surface area contributed by atoms with Crippen LogP contribution in [0.3, 0.4) is 0 Å². The Bertz CT molecular complexity index is 164. The van der Waals surface area contributed by atoms with Crippen molar-refractivity contribution < 1.29 is 4.39 Å². The predicted octanol–water partition coefficient (Wildman–Crippen LogP) is 2.08. The zero-order chi connectivity index (χ0) is 7.11. The summed E-state index contributed by atoms with van der Waals surface area (Å²) in [4.78, 5) is 0. The van der Waals surface area contributed by atoms with E-state index in [0.717, 1.165) is 0 Å². The van der Waals surface area contributed by atoms with Gasteiger partial charge in [-0.15, -0.1) is 12.8 Å². The molecule has 0 aliphatic rings. The van der Waals surface area contributed by atoms with E-state index in [2.05, 4.69) is 12.8 Å². The first-order valence-corrected chi connectivity index (χ1v) is 2.43. The van der Waals surface area contributed by atoms with Crippen molar-refractivity contribution in [1.82, 2.24) is 0 Å². The maximum Gasteiger partial charge on any atom is 0.123 e. The van der Waals surface area contributed by atoms with Crippen LogP contribution in [0.2, 0.25) is 0 Å². The van der Waals surface area contributed by atoms with E-state index >= 15 is 0 Å². The molecule has 1 rings (SSSR count). The van der Waals surface area contributed by atoms with Crippen LogP contribution in [0.5, 0.6) is 0 Å². The van der Waals surface area contributed by atoms with Crippen molar-refractivity contribution in [1.29, 1.82) is 0 Å². The van der Waals surface area contributed by atoms with Gasteiger partial charge in [-0.05, 0) is 12.1 Å². The van der Waals surface area contributed by atoms with Crippen LogP contribution in [-0.4, -0.2) is 0 Å². The number of halogens is 1. The summed E-state index contributed by atoms with van der Waals surface area (Å²) in [5.74, 6) is -0.178. The Morgan fingerprint density at radius 2 is 1.44 bits per heavy atom. The van der Waals surface area contributed by atoms with Crippen molar-refractivity contribution in [2.24, 2.45) is 0 Å². The Labute approximate surface area is 54.3 Å². The lowest BCUT2D eigenvalue weighted by molar-refractivity contribution is 0.628. The molecule has 0 spiro atoms. The average molecular weight is 122 g/mol. The number of benzene rings is 1. The molecule has 0 unspecified atom stereocenters. The molecule has 0 atom stereocenters. The Kier molecular flexibility index (Phi) is 4.16. The molecule has 0 saturated heterocycles. The average Bonchev–Trinajstić information content (AvgIpc) is 1.94. The van der Waals surface area contributed by atoms with Crippen molar-refractivity contribution in [3.8, 4) is 12.8 Å². The molecule has 0 heterocycles. The fourth-order valence-electron chi connectivity index (χ4n) is 0.415. The molecular weight excluding hydrogens is 115 g/mol. The Morgan fingerprint density at radius 1 is 1.00 bits per heavy atom. The highest BCUT2D eigenvalue weighted by Gasteiger charge is 1.77. The fourth-order valence-corrected chi connectivity index (χ4v) is 0.415. The lowest BCUT2D eigenvalue weighted by Gasteiger charge is -1.78. The van der Waals surface area contributed by atoms with Gasteiger partial charge < -0.3 is 0 Å². The molecule has 0 bridgehead atoms. The number of hydrogen-bond acceptors (Lipinski definition) is 0. The molecule has 0 N–H and O–H groups in total. The van der Waals surface area contributed by atoms with Crippen molar-refractivity contribution >= 4 is 0 Å². The smallest absolute Gasteiger partial charge is 0.123 e. The van der Waals surface area contributed by atoms with E-state index < -0.39 is 0 Å². The monoisotopic (exact) mass is 122 g/mol. The van der Waals surface area contributed by atoms with Crippen LogP contribution in [0.1, 0.15) is 0 Å². The maximum atomic E-state index is 11.9. The second kappa shape index (κ2) is 4.86. The van der Waals surface area contributed by atoms with Crippen molar-refractivity contribution in [3.63, 3.8) is 0 Å². The number of rotatable bonds is 0. The lowest BCUT2D eigenvalue weighted by atomic mass is 10.4. The summed E-state index contributed by atoms with van der Waals surface area (Å²) in [7, 11) is 0. The SMILES string of the molecule is C#C.Fc1ccccc1. The van der Waals surface area contributed by atoms with Crippen LogP contribution < -0.4 is 0 Å². The molecule has 0 fully saturated rings. The van der Waals surface area contributed by atoms with Crippen LogP contribution in [-0.2, 0) is 0 Å². The largest absolute Gasteiger partial charge is 0.207 e. The third-order valence-electron chi connectivity index (χ3n) is 0.733. The van der Waals surface area contributed by atoms with Gasteiger partial charge in [0.2, 0.25) is 0 Å². The van der Waals surface area contributed by atoms with Crippen molar-refractivity contribution in [2.75, 3.05) is 0 Å². The molecule has 0 nitrogen and oxygen atoms in total. The summed E-state index contributed by atoms with van der Waals surface area (Å²) in [5, 5.41) is 0. The van der Waals surface area contributed by atoms with E-state index in [0.29, 0.717) is 0 Å². The molecule has 0 amide bonds. The van der Waals surface area contributed by atoms with Crippen LogP contribution in [0.15, 0.2) is 30.3 Å². The molecule has 0 aliphatic carbocycles. The van der Waals surface area contributed by atoms with Crippen molar-refractivity contribution in [3.05, 3.63) is 36.1 Å².